The van der Waals surface area contributed by atoms with Crippen LogP contribution in [0.3, 0.4) is 0 Å². The lowest BCUT2D eigenvalue weighted by Gasteiger charge is -2.10. The van der Waals surface area contributed by atoms with Crippen LogP contribution in [0, 0.1) is 0 Å². The number of carbonyl (C=O) groups is 2. The van der Waals surface area contributed by atoms with Crippen molar-refractivity contribution in [2.45, 2.75) is 31.5 Å². The Balaban J connectivity index is 1.22. The third-order valence-electron chi connectivity index (χ3n) is 5.48. The summed E-state index contributed by atoms with van der Waals surface area (Å²) in [6.07, 6.45) is 0.533. The highest BCUT2D eigenvalue weighted by Gasteiger charge is 2.34. The molecular formula is C25H26N4O3. The number of nitrogen functional groups attached to an aromatic ring is 1. The molecule has 0 aliphatic heterocycles. The van der Waals surface area contributed by atoms with Crippen LogP contribution in [0.1, 0.15) is 39.4 Å². The second kappa shape index (κ2) is 9.53. The van der Waals surface area contributed by atoms with Crippen molar-refractivity contribution in [1.29, 1.82) is 0 Å². The summed E-state index contributed by atoms with van der Waals surface area (Å²) in [5.41, 5.74) is 16.3. The first-order valence-corrected chi connectivity index (χ1v) is 10.5. The molecule has 1 aliphatic rings. The SMILES string of the molecule is Nc1ccccc1NC(=O)c1ccc(CNC(=O)OCc2ccc([C@H]3C[C@@H]3N)cc2)cc1. The van der Waals surface area contributed by atoms with Crippen molar-refractivity contribution in [2.75, 3.05) is 11.1 Å². The van der Waals surface area contributed by atoms with Crippen LogP contribution in [0.5, 0.6) is 0 Å². The molecule has 0 bridgehead atoms. The van der Waals surface area contributed by atoms with E-state index in [2.05, 4.69) is 10.6 Å². The zero-order valence-electron chi connectivity index (χ0n) is 17.6. The molecule has 3 aromatic rings. The fraction of sp³-hybridized carbons (Fsp3) is 0.200. The number of nitrogens with one attached hydrogen (secondary N) is 2. The molecule has 0 unspecified atom stereocenters. The van der Waals surface area contributed by atoms with Gasteiger partial charge in [0.2, 0.25) is 0 Å². The Labute approximate surface area is 186 Å². The first kappa shape index (κ1) is 21.4. The van der Waals surface area contributed by atoms with E-state index in [0.29, 0.717) is 29.4 Å². The molecule has 1 saturated carbocycles. The maximum absolute atomic E-state index is 12.4. The average Bonchev–Trinajstić information content (AvgIpc) is 3.55. The first-order chi connectivity index (χ1) is 15.5. The highest BCUT2D eigenvalue weighted by molar-refractivity contribution is 6.05. The molecule has 7 nitrogen and oxygen atoms in total. The summed E-state index contributed by atoms with van der Waals surface area (Å²) in [4.78, 5) is 24.4. The zero-order valence-corrected chi connectivity index (χ0v) is 17.6. The van der Waals surface area contributed by atoms with Crippen LogP contribution in [0.15, 0.2) is 72.8 Å². The van der Waals surface area contributed by atoms with Gasteiger partial charge in [0.15, 0.2) is 0 Å². The lowest BCUT2D eigenvalue weighted by molar-refractivity contribution is 0.102. The summed E-state index contributed by atoms with van der Waals surface area (Å²) in [5, 5.41) is 5.50. The number of rotatable bonds is 7. The topological polar surface area (TPSA) is 119 Å². The Morgan fingerprint density at radius 3 is 2.25 bits per heavy atom. The average molecular weight is 431 g/mol. The Morgan fingerprint density at radius 2 is 1.59 bits per heavy atom. The number of para-hydroxylation sites is 2. The molecule has 0 heterocycles. The van der Waals surface area contributed by atoms with Crippen molar-refractivity contribution >= 4 is 23.4 Å². The number of alkyl carbamates (subject to hydrolysis) is 1. The number of carbonyl (C=O) groups excluding carboxylic acids is 2. The second-order valence-electron chi connectivity index (χ2n) is 7.92. The Morgan fingerprint density at radius 1 is 0.938 bits per heavy atom. The van der Waals surface area contributed by atoms with Gasteiger partial charge >= 0.3 is 6.09 Å². The van der Waals surface area contributed by atoms with Gasteiger partial charge in [-0.2, -0.15) is 0 Å². The molecular weight excluding hydrogens is 404 g/mol. The summed E-state index contributed by atoms with van der Waals surface area (Å²) in [6, 6.07) is 22.3. The summed E-state index contributed by atoms with van der Waals surface area (Å²) in [5.74, 6) is 0.207. The predicted octanol–water partition coefficient (Wildman–Crippen LogP) is 3.76. The van der Waals surface area contributed by atoms with Gasteiger partial charge in [0.25, 0.3) is 5.91 Å². The van der Waals surface area contributed by atoms with Gasteiger partial charge in [0.05, 0.1) is 11.4 Å². The van der Waals surface area contributed by atoms with Crippen LogP contribution in [0.2, 0.25) is 0 Å². The molecule has 3 aromatic carbocycles. The smallest absolute Gasteiger partial charge is 0.407 e. The van der Waals surface area contributed by atoms with E-state index in [1.807, 2.05) is 24.3 Å². The Hall–Kier alpha value is -3.84. The molecule has 0 saturated heterocycles. The molecule has 1 fully saturated rings. The summed E-state index contributed by atoms with van der Waals surface area (Å²) in [6.45, 7) is 0.495. The van der Waals surface area contributed by atoms with E-state index >= 15 is 0 Å². The number of amides is 2. The van der Waals surface area contributed by atoms with E-state index in [1.54, 1.807) is 48.5 Å². The lowest BCUT2D eigenvalue weighted by Crippen LogP contribution is -2.23. The van der Waals surface area contributed by atoms with Crippen LogP contribution in [-0.4, -0.2) is 18.0 Å². The van der Waals surface area contributed by atoms with Gasteiger partial charge in [-0.05, 0) is 47.4 Å². The van der Waals surface area contributed by atoms with Crippen molar-refractivity contribution in [3.8, 4) is 0 Å². The molecule has 4 rings (SSSR count). The molecule has 6 N–H and O–H groups in total. The molecule has 2 amide bonds. The number of ether oxygens (including phenoxy) is 1. The zero-order chi connectivity index (χ0) is 22.5. The van der Waals surface area contributed by atoms with E-state index in [-0.39, 0.29) is 18.6 Å². The van der Waals surface area contributed by atoms with Gasteiger partial charge in [0, 0.05) is 24.1 Å². The van der Waals surface area contributed by atoms with Gasteiger partial charge in [-0.25, -0.2) is 4.79 Å². The van der Waals surface area contributed by atoms with E-state index in [9.17, 15) is 9.59 Å². The summed E-state index contributed by atoms with van der Waals surface area (Å²) >= 11 is 0. The van der Waals surface area contributed by atoms with E-state index in [4.69, 9.17) is 16.2 Å². The Bertz CT molecular complexity index is 1100. The van der Waals surface area contributed by atoms with Crippen molar-refractivity contribution < 1.29 is 14.3 Å². The minimum Gasteiger partial charge on any atom is -0.445 e. The van der Waals surface area contributed by atoms with Gasteiger partial charge < -0.3 is 26.8 Å². The van der Waals surface area contributed by atoms with Crippen molar-refractivity contribution in [1.82, 2.24) is 5.32 Å². The van der Waals surface area contributed by atoms with Crippen LogP contribution < -0.4 is 22.1 Å². The molecule has 1 aliphatic carbocycles. The normalized spacial score (nSPS) is 16.8. The molecule has 32 heavy (non-hydrogen) atoms. The molecule has 7 heteroatoms. The minimum atomic E-state index is -0.500. The first-order valence-electron chi connectivity index (χ1n) is 10.5. The number of anilines is 2. The fourth-order valence-electron chi connectivity index (χ4n) is 3.41. The largest absolute Gasteiger partial charge is 0.445 e. The molecule has 164 valence electrons. The van der Waals surface area contributed by atoms with E-state index in [1.165, 1.54) is 5.56 Å². The highest BCUT2D eigenvalue weighted by Crippen LogP contribution is 2.38. The monoisotopic (exact) mass is 430 g/mol. The quantitative estimate of drug-likeness (QED) is 0.426. The number of nitrogens with two attached hydrogens (primary N) is 2. The molecule has 0 aromatic heterocycles. The molecule has 0 spiro atoms. The van der Waals surface area contributed by atoms with Crippen molar-refractivity contribution in [3.05, 3.63) is 95.1 Å². The van der Waals surface area contributed by atoms with Crippen molar-refractivity contribution in [3.63, 3.8) is 0 Å². The maximum atomic E-state index is 12.4. The Kier molecular flexibility index (Phi) is 6.37. The maximum Gasteiger partial charge on any atom is 0.407 e. The third kappa shape index (κ3) is 5.44. The molecule has 0 radical (unpaired) electrons. The number of hydrogen-bond donors (Lipinski definition) is 4. The second-order valence-corrected chi connectivity index (χ2v) is 7.92. The number of hydrogen-bond acceptors (Lipinski definition) is 5. The van der Waals surface area contributed by atoms with Gasteiger partial charge in [-0.3, -0.25) is 4.79 Å². The standard InChI is InChI=1S/C25H26N4O3/c26-21-3-1-2-4-23(21)29-24(30)19-11-5-16(6-12-19)14-28-25(31)32-15-17-7-9-18(10-8-17)20-13-22(20)27/h1-12,20,22H,13-15,26-27H2,(H,28,31)(H,29,30)/t20-,22+/m1/s1. The van der Waals surface area contributed by atoms with E-state index in [0.717, 1.165) is 17.5 Å². The van der Waals surface area contributed by atoms with Gasteiger partial charge in [0.1, 0.15) is 6.61 Å². The number of benzene rings is 3. The summed E-state index contributed by atoms with van der Waals surface area (Å²) in [7, 11) is 0. The van der Waals surface area contributed by atoms with Crippen LogP contribution in [0.4, 0.5) is 16.2 Å². The summed E-state index contributed by atoms with van der Waals surface area (Å²) < 4.78 is 5.28. The van der Waals surface area contributed by atoms with Crippen LogP contribution in [-0.2, 0) is 17.9 Å². The highest BCUT2D eigenvalue weighted by atomic mass is 16.5. The fourth-order valence-corrected chi connectivity index (χ4v) is 3.41. The van der Waals surface area contributed by atoms with Crippen LogP contribution in [0.25, 0.3) is 0 Å². The van der Waals surface area contributed by atoms with Gasteiger partial charge in [-0.15, -0.1) is 0 Å². The van der Waals surface area contributed by atoms with Gasteiger partial charge in [-0.1, -0.05) is 48.5 Å². The van der Waals surface area contributed by atoms with E-state index < -0.39 is 6.09 Å². The third-order valence-corrected chi connectivity index (χ3v) is 5.48. The van der Waals surface area contributed by atoms with Crippen LogP contribution >= 0.6 is 0 Å². The predicted molar refractivity (Wildman–Crippen MR) is 124 cm³/mol. The molecule has 2 atom stereocenters. The van der Waals surface area contributed by atoms with Crippen molar-refractivity contribution in [2.24, 2.45) is 5.73 Å². The lowest BCUT2D eigenvalue weighted by atomic mass is 10.1. The minimum absolute atomic E-state index is 0.199.